The Morgan fingerprint density at radius 2 is 1.57 bits per heavy atom. The van der Waals surface area contributed by atoms with Crippen LogP contribution in [0.3, 0.4) is 0 Å². The van der Waals surface area contributed by atoms with Gasteiger partial charge in [0.15, 0.2) is 0 Å². The van der Waals surface area contributed by atoms with Crippen molar-refractivity contribution in [2.75, 3.05) is 0 Å². The van der Waals surface area contributed by atoms with Crippen LogP contribution in [0, 0.1) is 6.92 Å². The van der Waals surface area contributed by atoms with Crippen molar-refractivity contribution in [1.82, 2.24) is 15.5 Å². The standard InChI is InChI=1S/C19H21N3O/c1-13-9-7-8-12-17(13)14(2)20-15(3)18-21-22-19(23-18)16-10-5-4-6-11-16/h4-12,14-15,20H,1-3H3/t14-,15-/m0/s1. The molecule has 0 spiro atoms. The largest absolute Gasteiger partial charge is 0.419 e. The third-order valence-corrected chi connectivity index (χ3v) is 3.99. The zero-order chi connectivity index (χ0) is 16.2. The fourth-order valence-electron chi connectivity index (χ4n) is 2.72. The number of nitrogens with zero attached hydrogens (tertiary/aromatic N) is 2. The predicted molar refractivity (Wildman–Crippen MR) is 90.9 cm³/mol. The second-order valence-electron chi connectivity index (χ2n) is 5.78. The van der Waals surface area contributed by atoms with Crippen molar-refractivity contribution in [3.8, 4) is 11.5 Å². The van der Waals surface area contributed by atoms with Gasteiger partial charge in [-0.2, -0.15) is 0 Å². The van der Waals surface area contributed by atoms with Gasteiger partial charge in [0.1, 0.15) is 0 Å². The average Bonchev–Trinajstić information content (AvgIpc) is 3.06. The Morgan fingerprint density at radius 3 is 2.30 bits per heavy atom. The lowest BCUT2D eigenvalue weighted by Gasteiger charge is -2.19. The van der Waals surface area contributed by atoms with E-state index < -0.39 is 0 Å². The van der Waals surface area contributed by atoms with Crippen LogP contribution in [-0.2, 0) is 0 Å². The van der Waals surface area contributed by atoms with Crippen molar-refractivity contribution in [2.24, 2.45) is 0 Å². The molecule has 0 radical (unpaired) electrons. The number of hydrogen-bond acceptors (Lipinski definition) is 4. The number of aromatic nitrogens is 2. The highest BCUT2D eigenvalue weighted by Crippen LogP contribution is 2.23. The second kappa shape index (κ2) is 6.75. The van der Waals surface area contributed by atoms with Gasteiger partial charge in [0.2, 0.25) is 11.8 Å². The summed E-state index contributed by atoms with van der Waals surface area (Å²) in [6, 6.07) is 18.4. The molecule has 0 amide bonds. The smallest absolute Gasteiger partial charge is 0.247 e. The van der Waals surface area contributed by atoms with E-state index in [-0.39, 0.29) is 12.1 Å². The molecule has 1 N–H and O–H groups in total. The molecule has 3 aromatic rings. The van der Waals surface area contributed by atoms with E-state index in [2.05, 4.69) is 53.6 Å². The first-order valence-electron chi connectivity index (χ1n) is 7.85. The fraction of sp³-hybridized carbons (Fsp3) is 0.263. The molecule has 1 heterocycles. The molecular formula is C19H21N3O. The van der Waals surface area contributed by atoms with Crippen molar-refractivity contribution in [3.05, 3.63) is 71.6 Å². The van der Waals surface area contributed by atoms with Crippen molar-refractivity contribution in [3.63, 3.8) is 0 Å². The molecule has 0 bridgehead atoms. The maximum Gasteiger partial charge on any atom is 0.247 e. The summed E-state index contributed by atoms with van der Waals surface area (Å²) in [5.74, 6) is 1.15. The Morgan fingerprint density at radius 1 is 0.870 bits per heavy atom. The summed E-state index contributed by atoms with van der Waals surface area (Å²) in [6.45, 7) is 6.31. The summed E-state index contributed by atoms with van der Waals surface area (Å²) in [6.07, 6.45) is 0. The van der Waals surface area contributed by atoms with Crippen LogP contribution in [0.2, 0.25) is 0 Å². The molecule has 0 saturated carbocycles. The van der Waals surface area contributed by atoms with E-state index in [0.29, 0.717) is 11.8 Å². The van der Waals surface area contributed by atoms with Gasteiger partial charge in [-0.1, -0.05) is 42.5 Å². The van der Waals surface area contributed by atoms with Gasteiger partial charge in [0.05, 0.1) is 6.04 Å². The molecule has 2 atom stereocenters. The minimum absolute atomic E-state index is 0.0189. The molecule has 118 valence electrons. The third-order valence-electron chi connectivity index (χ3n) is 3.99. The van der Waals surface area contributed by atoms with E-state index in [1.807, 2.05) is 37.3 Å². The van der Waals surface area contributed by atoms with Crippen molar-refractivity contribution < 1.29 is 4.42 Å². The average molecular weight is 307 g/mol. The van der Waals surface area contributed by atoms with Crippen molar-refractivity contribution in [1.29, 1.82) is 0 Å². The molecule has 1 aromatic heterocycles. The zero-order valence-corrected chi connectivity index (χ0v) is 13.7. The van der Waals surface area contributed by atoms with Gasteiger partial charge < -0.3 is 4.42 Å². The lowest BCUT2D eigenvalue weighted by molar-refractivity contribution is 0.394. The van der Waals surface area contributed by atoms with Gasteiger partial charge in [-0.15, -0.1) is 10.2 Å². The minimum atomic E-state index is -0.0189. The maximum absolute atomic E-state index is 5.81. The number of aryl methyl sites for hydroxylation is 1. The SMILES string of the molecule is Cc1ccccc1[C@H](C)N[C@@H](C)c1nnc(-c2ccccc2)o1. The van der Waals surface area contributed by atoms with Crippen LogP contribution in [0.4, 0.5) is 0 Å². The maximum atomic E-state index is 5.81. The molecule has 4 nitrogen and oxygen atoms in total. The first-order chi connectivity index (χ1) is 11.1. The Bertz CT molecular complexity index is 767. The first kappa shape index (κ1) is 15.4. The van der Waals surface area contributed by atoms with E-state index >= 15 is 0 Å². The Kier molecular flexibility index (Phi) is 4.53. The highest BCUT2D eigenvalue weighted by molar-refractivity contribution is 5.51. The molecule has 23 heavy (non-hydrogen) atoms. The molecule has 0 aliphatic carbocycles. The summed E-state index contributed by atoms with van der Waals surface area (Å²) in [7, 11) is 0. The van der Waals surface area contributed by atoms with Gasteiger partial charge in [0, 0.05) is 11.6 Å². The van der Waals surface area contributed by atoms with Gasteiger partial charge in [0.25, 0.3) is 0 Å². The number of nitrogens with one attached hydrogen (secondary N) is 1. The quantitative estimate of drug-likeness (QED) is 0.756. The molecule has 4 heteroatoms. The first-order valence-corrected chi connectivity index (χ1v) is 7.85. The number of hydrogen-bond donors (Lipinski definition) is 1. The molecule has 0 saturated heterocycles. The lowest BCUT2D eigenvalue weighted by atomic mass is 10.0. The molecule has 0 aliphatic rings. The summed E-state index contributed by atoms with van der Waals surface area (Å²) in [5, 5.41) is 11.9. The van der Waals surface area contributed by atoms with Gasteiger partial charge in [-0.3, -0.25) is 5.32 Å². The van der Waals surface area contributed by atoms with Crippen LogP contribution < -0.4 is 5.32 Å². The monoisotopic (exact) mass is 307 g/mol. The molecule has 0 unspecified atom stereocenters. The van der Waals surface area contributed by atoms with Crippen LogP contribution >= 0.6 is 0 Å². The summed E-state index contributed by atoms with van der Waals surface area (Å²) in [4.78, 5) is 0. The Balaban J connectivity index is 1.73. The van der Waals surface area contributed by atoms with Crippen molar-refractivity contribution in [2.45, 2.75) is 32.9 Å². The molecule has 3 rings (SSSR count). The van der Waals surface area contributed by atoms with E-state index in [4.69, 9.17) is 4.42 Å². The van der Waals surface area contributed by atoms with E-state index in [1.165, 1.54) is 11.1 Å². The molecular weight excluding hydrogens is 286 g/mol. The summed E-state index contributed by atoms with van der Waals surface area (Å²) >= 11 is 0. The van der Waals surface area contributed by atoms with Gasteiger partial charge >= 0.3 is 0 Å². The van der Waals surface area contributed by atoms with E-state index in [0.717, 1.165) is 5.56 Å². The lowest BCUT2D eigenvalue weighted by Crippen LogP contribution is -2.23. The van der Waals surface area contributed by atoms with E-state index in [1.54, 1.807) is 0 Å². The van der Waals surface area contributed by atoms with Crippen molar-refractivity contribution >= 4 is 0 Å². The zero-order valence-electron chi connectivity index (χ0n) is 13.7. The van der Waals surface area contributed by atoms with Crippen LogP contribution in [0.25, 0.3) is 11.5 Å². The summed E-state index contributed by atoms with van der Waals surface area (Å²) in [5.41, 5.74) is 3.49. The third kappa shape index (κ3) is 3.48. The second-order valence-corrected chi connectivity index (χ2v) is 5.78. The predicted octanol–water partition coefficient (Wildman–Crippen LogP) is 4.46. The fourth-order valence-corrected chi connectivity index (χ4v) is 2.72. The van der Waals surface area contributed by atoms with Crippen LogP contribution in [-0.4, -0.2) is 10.2 Å². The van der Waals surface area contributed by atoms with Gasteiger partial charge in [-0.05, 0) is 44.0 Å². The minimum Gasteiger partial charge on any atom is -0.419 e. The van der Waals surface area contributed by atoms with Crippen LogP contribution in [0.15, 0.2) is 59.0 Å². The summed E-state index contributed by atoms with van der Waals surface area (Å²) < 4.78 is 5.81. The normalized spacial score (nSPS) is 13.7. The topological polar surface area (TPSA) is 51.0 Å². The molecule has 2 aromatic carbocycles. The van der Waals surface area contributed by atoms with Crippen LogP contribution in [0.1, 0.15) is 42.9 Å². The molecule has 0 fully saturated rings. The highest BCUT2D eigenvalue weighted by Gasteiger charge is 2.18. The Hall–Kier alpha value is -2.46. The Labute approximate surface area is 136 Å². The van der Waals surface area contributed by atoms with Gasteiger partial charge in [-0.25, -0.2) is 0 Å². The highest BCUT2D eigenvalue weighted by atomic mass is 16.4. The number of rotatable bonds is 5. The van der Waals surface area contributed by atoms with Crippen LogP contribution in [0.5, 0.6) is 0 Å². The molecule has 0 aliphatic heterocycles. The number of benzene rings is 2. The van der Waals surface area contributed by atoms with E-state index in [9.17, 15) is 0 Å².